The number of nitrogens with one attached hydrogen (secondary N) is 3. The second kappa shape index (κ2) is 6.83. The highest BCUT2D eigenvalue weighted by atomic mass is 16.5. The lowest BCUT2D eigenvalue weighted by molar-refractivity contribution is -0.132. The Bertz CT molecular complexity index is 947. The van der Waals surface area contributed by atoms with Gasteiger partial charge in [-0.15, -0.1) is 0 Å². The van der Waals surface area contributed by atoms with Crippen LogP contribution in [0.15, 0.2) is 48.7 Å². The van der Waals surface area contributed by atoms with Gasteiger partial charge in [-0.25, -0.2) is 4.79 Å². The molecule has 0 saturated carbocycles. The monoisotopic (exact) mass is 338 g/mol. The Morgan fingerprint density at radius 2 is 1.60 bits per heavy atom. The average molecular weight is 338 g/mol. The number of aromatic nitrogens is 2. The average Bonchev–Trinajstić information content (AvgIpc) is 3.09. The van der Waals surface area contributed by atoms with Gasteiger partial charge in [0.2, 0.25) is 0 Å². The summed E-state index contributed by atoms with van der Waals surface area (Å²) in [6.07, 6.45) is 1.66. The van der Waals surface area contributed by atoms with Gasteiger partial charge in [0.1, 0.15) is 0 Å². The zero-order valence-corrected chi connectivity index (χ0v) is 13.2. The van der Waals surface area contributed by atoms with E-state index < -0.39 is 17.8 Å². The van der Waals surface area contributed by atoms with E-state index in [2.05, 4.69) is 25.6 Å². The lowest BCUT2D eigenvalue weighted by Crippen LogP contribution is -2.29. The third kappa shape index (κ3) is 3.63. The van der Waals surface area contributed by atoms with Gasteiger partial charge in [-0.3, -0.25) is 14.7 Å². The summed E-state index contributed by atoms with van der Waals surface area (Å²) >= 11 is 0. The van der Waals surface area contributed by atoms with Crippen LogP contribution in [0, 0.1) is 0 Å². The minimum atomic E-state index is -0.824. The van der Waals surface area contributed by atoms with Crippen molar-refractivity contribution in [2.24, 2.45) is 0 Å². The van der Waals surface area contributed by atoms with Gasteiger partial charge in [-0.05, 0) is 42.5 Å². The third-order valence-electron chi connectivity index (χ3n) is 3.47. The van der Waals surface area contributed by atoms with E-state index in [0.717, 1.165) is 10.9 Å². The number of benzene rings is 2. The summed E-state index contributed by atoms with van der Waals surface area (Å²) in [5.41, 5.74) is 1.95. The van der Waals surface area contributed by atoms with Crippen molar-refractivity contribution in [1.82, 2.24) is 10.2 Å². The number of fused-ring (bicyclic) bond motifs is 1. The Morgan fingerprint density at radius 3 is 2.28 bits per heavy atom. The molecule has 25 heavy (non-hydrogen) atoms. The molecule has 0 aliphatic heterocycles. The van der Waals surface area contributed by atoms with Crippen molar-refractivity contribution in [3.63, 3.8) is 0 Å². The quantitative estimate of drug-likeness (QED) is 0.499. The first-order valence-corrected chi connectivity index (χ1v) is 7.30. The Labute approximate surface area is 142 Å². The SMILES string of the molecule is COC(=O)c1ccc(NC(=O)C(=O)Nc2ccc3cn[nH]c3c2)cc1. The third-order valence-corrected chi connectivity index (χ3v) is 3.47. The van der Waals surface area contributed by atoms with Gasteiger partial charge in [0.05, 0.1) is 24.4 Å². The van der Waals surface area contributed by atoms with Crippen molar-refractivity contribution in [2.45, 2.75) is 0 Å². The Morgan fingerprint density at radius 1 is 0.960 bits per heavy atom. The smallest absolute Gasteiger partial charge is 0.337 e. The van der Waals surface area contributed by atoms with Crippen LogP contribution in [0.3, 0.4) is 0 Å². The molecule has 3 rings (SSSR count). The van der Waals surface area contributed by atoms with Gasteiger partial charge in [0, 0.05) is 16.8 Å². The summed E-state index contributed by atoms with van der Waals surface area (Å²) in [6.45, 7) is 0. The van der Waals surface area contributed by atoms with E-state index in [0.29, 0.717) is 16.9 Å². The fourth-order valence-corrected chi connectivity index (χ4v) is 2.20. The predicted molar refractivity (Wildman–Crippen MR) is 91.1 cm³/mol. The Hall–Kier alpha value is -3.68. The fraction of sp³-hybridized carbons (Fsp3) is 0.0588. The number of nitrogens with zero attached hydrogens (tertiary/aromatic N) is 1. The minimum absolute atomic E-state index is 0.345. The topological polar surface area (TPSA) is 113 Å². The van der Waals surface area contributed by atoms with E-state index in [4.69, 9.17) is 0 Å². The molecule has 0 unspecified atom stereocenters. The standard InChI is InChI=1S/C17H14N4O4/c1-25-17(24)10-2-5-12(6-3-10)19-15(22)16(23)20-13-7-4-11-9-18-21-14(11)8-13/h2-9H,1H3,(H,18,21)(H,19,22)(H,20,23). The summed E-state index contributed by atoms with van der Waals surface area (Å²) in [4.78, 5) is 35.3. The molecule has 0 radical (unpaired) electrons. The second-order valence-electron chi connectivity index (χ2n) is 5.15. The lowest BCUT2D eigenvalue weighted by Gasteiger charge is -2.07. The number of methoxy groups -OCH3 is 1. The van der Waals surface area contributed by atoms with Crippen LogP contribution in [0.2, 0.25) is 0 Å². The van der Waals surface area contributed by atoms with Crippen LogP contribution in [0.4, 0.5) is 11.4 Å². The van der Waals surface area contributed by atoms with Crippen LogP contribution in [-0.2, 0) is 14.3 Å². The van der Waals surface area contributed by atoms with Crippen molar-refractivity contribution < 1.29 is 19.1 Å². The molecule has 3 aromatic rings. The largest absolute Gasteiger partial charge is 0.465 e. The molecule has 2 aromatic carbocycles. The summed E-state index contributed by atoms with van der Waals surface area (Å²) in [7, 11) is 1.28. The predicted octanol–water partition coefficient (Wildman–Crippen LogP) is 1.93. The highest BCUT2D eigenvalue weighted by Crippen LogP contribution is 2.16. The summed E-state index contributed by atoms with van der Waals surface area (Å²) in [6, 6.07) is 11.1. The molecule has 1 heterocycles. The zero-order chi connectivity index (χ0) is 17.8. The van der Waals surface area contributed by atoms with E-state index in [1.807, 2.05) is 0 Å². The fourth-order valence-electron chi connectivity index (χ4n) is 2.20. The molecular weight excluding hydrogens is 324 g/mol. The van der Waals surface area contributed by atoms with Crippen LogP contribution in [0.25, 0.3) is 10.9 Å². The molecule has 3 N–H and O–H groups in total. The first-order chi connectivity index (χ1) is 12.1. The van der Waals surface area contributed by atoms with E-state index in [1.54, 1.807) is 24.4 Å². The van der Waals surface area contributed by atoms with Crippen LogP contribution < -0.4 is 10.6 Å². The Kier molecular flexibility index (Phi) is 4.42. The number of hydrogen-bond acceptors (Lipinski definition) is 5. The number of amides is 2. The normalized spacial score (nSPS) is 10.3. The number of ether oxygens (including phenoxy) is 1. The van der Waals surface area contributed by atoms with Gasteiger partial charge >= 0.3 is 17.8 Å². The molecule has 0 aliphatic carbocycles. The highest BCUT2D eigenvalue weighted by Gasteiger charge is 2.15. The van der Waals surface area contributed by atoms with Crippen LogP contribution >= 0.6 is 0 Å². The van der Waals surface area contributed by atoms with Crippen molar-refractivity contribution >= 4 is 40.1 Å². The summed E-state index contributed by atoms with van der Waals surface area (Å²) in [5, 5.41) is 12.5. The van der Waals surface area contributed by atoms with E-state index in [9.17, 15) is 14.4 Å². The molecule has 126 valence electrons. The maximum atomic E-state index is 12.0. The van der Waals surface area contributed by atoms with Crippen molar-refractivity contribution in [2.75, 3.05) is 17.7 Å². The van der Waals surface area contributed by atoms with Crippen LogP contribution in [0.1, 0.15) is 10.4 Å². The molecule has 0 atom stereocenters. The van der Waals surface area contributed by atoms with Gasteiger partial charge < -0.3 is 15.4 Å². The van der Waals surface area contributed by atoms with Gasteiger partial charge in [0.25, 0.3) is 0 Å². The molecule has 1 aromatic heterocycles. The molecule has 2 amide bonds. The molecule has 0 spiro atoms. The van der Waals surface area contributed by atoms with E-state index in [-0.39, 0.29) is 0 Å². The summed E-state index contributed by atoms with van der Waals surface area (Å²) in [5.74, 6) is -2.11. The number of carbonyl (C=O) groups excluding carboxylic acids is 3. The summed E-state index contributed by atoms with van der Waals surface area (Å²) < 4.78 is 4.59. The van der Waals surface area contributed by atoms with Crippen LogP contribution in [0.5, 0.6) is 0 Å². The van der Waals surface area contributed by atoms with Gasteiger partial charge in [-0.1, -0.05) is 0 Å². The molecule has 0 saturated heterocycles. The molecule has 8 nitrogen and oxygen atoms in total. The molecule has 0 fully saturated rings. The van der Waals surface area contributed by atoms with Gasteiger partial charge in [-0.2, -0.15) is 5.10 Å². The number of anilines is 2. The molecular formula is C17H14N4O4. The molecule has 0 bridgehead atoms. The minimum Gasteiger partial charge on any atom is -0.465 e. The number of aromatic amines is 1. The van der Waals surface area contributed by atoms with Crippen molar-refractivity contribution in [3.05, 3.63) is 54.2 Å². The van der Waals surface area contributed by atoms with Crippen molar-refractivity contribution in [3.8, 4) is 0 Å². The maximum absolute atomic E-state index is 12.0. The number of esters is 1. The van der Waals surface area contributed by atoms with Crippen LogP contribution in [-0.4, -0.2) is 35.1 Å². The van der Waals surface area contributed by atoms with E-state index in [1.165, 1.54) is 31.4 Å². The zero-order valence-electron chi connectivity index (χ0n) is 13.2. The first-order valence-electron chi connectivity index (χ1n) is 7.30. The van der Waals surface area contributed by atoms with E-state index >= 15 is 0 Å². The maximum Gasteiger partial charge on any atom is 0.337 e. The number of H-pyrrole nitrogens is 1. The van der Waals surface area contributed by atoms with Crippen molar-refractivity contribution in [1.29, 1.82) is 0 Å². The first kappa shape index (κ1) is 16.2. The number of carbonyl (C=O) groups is 3. The second-order valence-corrected chi connectivity index (χ2v) is 5.15. The highest BCUT2D eigenvalue weighted by molar-refractivity contribution is 6.43. The molecule has 8 heteroatoms. The van der Waals surface area contributed by atoms with Gasteiger partial charge in [0.15, 0.2) is 0 Å². The lowest BCUT2D eigenvalue weighted by atomic mass is 10.2. The molecule has 0 aliphatic rings. The Balaban J connectivity index is 1.64. The number of rotatable bonds is 3. The number of hydrogen-bond donors (Lipinski definition) is 3.